The molecular weight excluding hydrogens is 244 g/mol. The van der Waals surface area contributed by atoms with E-state index in [0.29, 0.717) is 6.54 Å². The zero-order valence-electron chi connectivity index (χ0n) is 10.1. The van der Waals surface area contributed by atoms with Crippen molar-refractivity contribution in [2.75, 3.05) is 0 Å². The smallest absolute Gasteiger partial charge is 0.328 e. The molecule has 0 spiro atoms. The Morgan fingerprint density at radius 1 is 1.26 bits per heavy atom. The topological polar surface area (TPSA) is 72.2 Å². The molecule has 0 aliphatic carbocycles. The van der Waals surface area contributed by atoms with E-state index in [1.165, 1.54) is 16.8 Å². The van der Waals surface area contributed by atoms with Gasteiger partial charge in [0.25, 0.3) is 5.56 Å². The van der Waals surface area contributed by atoms with Crippen molar-refractivity contribution in [2.24, 2.45) is 0 Å². The van der Waals surface area contributed by atoms with E-state index >= 15 is 0 Å². The van der Waals surface area contributed by atoms with Crippen molar-refractivity contribution in [3.8, 4) is 0 Å². The van der Waals surface area contributed by atoms with Gasteiger partial charge in [0.1, 0.15) is 0 Å². The molecule has 0 fully saturated rings. The molecule has 96 valence electrons. The second kappa shape index (κ2) is 5.77. The van der Waals surface area contributed by atoms with E-state index in [9.17, 15) is 9.59 Å². The highest BCUT2D eigenvalue weighted by Gasteiger charge is 1.98. The van der Waals surface area contributed by atoms with E-state index in [0.717, 1.165) is 17.2 Å². The maximum Gasteiger partial charge on any atom is 0.328 e. The lowest BCUT2D eigenvalue weighted by atomic mass is 10.1. The zero-order valence-corrected chi connectivity index (χ0v) is 10.1. The van der Waals surface area contributed by atoms with Gasteiger partial charge in [-0.05, 0) is 23.3 Å². The predicted molar refractivity (Wildman–Crippen MR) is 70.7 cm³/mol. The van der Waals surface area contributed by atoms with Crippen LogP contribution in [0.15, 0.2) is 53.5 Å². The molecule has 1 heterocycles. The Morgan fingerprint density at radius 3 is 2.63 bits per heavy atom. The number of carboxylic acids is 1. The summed E-state index contributed by atoms with van der Waals surface area (Å²) in [5.41, 5.74) is 1.56. The van der Waals surface area contributed by atoms with Crippen LogP contribution in [0.25, 0.3) is 6.08 Å². The van der Waals surface area contributed by atoms with Gasteiger partial charge in [0, 0.05) is 18.3 Å². The molecule has 1 N–H and O–H groups in total. The maximum absolute atomic E-state index is 11.5. The van der Waals surface area contributed by atoms with Crippen LogP contribution in [0, 0.1) is 0 Å². The van der Waals surface area contributed by atoms with Gasteiger partial charge in [-0.2, -0.15) is 5.10 Å². The molecular formula is C14H12N2O3. The van der Waals surface area contributed by atoms with Gasteiger partial charge in [-0.15, -0.1) is 0 Å². The minimum Gasteiger partial charge on any atom is -0.478 e. The molecule has 0 atom stereocenters. The van der Waals surface area contributed by atoms with Crippen molar-refractivity contribution >= 4 is 12.0 Å². The number of rotatable bonds is 4. The van der Waals surface area contributed by atoms with Crippen LogP contribution in [0.5, 0.6) is 0 Å². The van der Waals surface area contributed by atoms with Crippen molar-refractivity contribution in [1.82, 2.24) is 9.78 Å². The molecule has 0 aliphatic heterocycles. The predicted octanol–water partition coefficient (Wildman–Crippen LogP) is 1.39. The van der Waals surface area contributed by atoms with E-state index in [2.05, 4.69) is 5.10 Å². The summed E-state index contributed by atoms with van der Waals surface area (Å²) in [5.74, 6) is -0.982. The average Bonchev–Trinajstić information content (AvgIpc) is 2.40. The first-order valence-corrected chi connectivity index (χ1v) is 5.67. The molecule has 0 amide bonds. The van der Waals surface area contributed by atoms with E-state index in [1.54, 1.807) is 24.4 Å². The van der Waals surface area contributed by atoms with Crippen LogP contribution in [0.3, 0.4) is 0 Å². The summed E-state index contributed by atoms with van der Waals surface area (Å²) in [4.78, 5) is 21.9. The van der Waals surface area contributed by atoms with Crippen LogP contribution < -0.4 is 5.56 Å². The highest BCUT2D eigenvalue weighted by molar-refractivity contribution is 5.85. The second-order valence-corrected chi connectivity index (χ2v) is 3.93. The molecule has 5 nitrogen and oxygen atoms in total. The average molecular weight is 256 g/mol. The number of carbonyl (C=O) groups is 1. The molecule has 0 bridgehead atoms. The first-order chi connectivity index (χ1) is 9.15. The van der Waals surface area contributed by atoms with Crippen molar-refractivity contribution in [3.63, 3.8) is 0 Å². The van der Waals surface area contributed by atoms with E-state index in [1.807, 2.05) is 12.1 Å². The highest BCUT2D eigenvalue weighted by atomic mass is 16.4. The van der Waals surface area contributed by atoms with Crippen LogP contribution >= 0.6 is 0 Å². The summed E-state index contributed by atoms with van der Waals surface area (Å²) in [6, 6.07) is 10.3. The Hall–Kier alpha value is -2.69. The lowest BCUT2D eigenvalue weighted by Gasteiger charge is -2.04. The summed E-state index contributed by atoms with van der Waals surface area (Å²) in [7, 11) is 0. The monoisotopic (exact) mass is 256 g/mol. The van der Waals surface area contributed by atoms with Gasteiger partial charge in [0.2, 0.25) is 0 Å². The molecule has 2 rings (SSSR count). The van der Waals surface area contributed by atoms with Crippen LogP contribution in [-0.2, 0) is 11.3 Å². The van der Waals surface area contributed by atoms with Gasteiger partial charge in [0.05, 0.1) is 6.54 Å². The summed E-state index contributed by atoms with van der Waals surface area (Å²) in [6.07, 6.45) is 4.16. The summed E-state index contributed by atoms with van der Waals surface area (Å²) < 4.78 is 1.36. The minimum absolute atomic E-state index is 0.155. The molecule has 0 saturated heterocycles. The van der Waals surface area contributed by atoms with Crippen LogP contribution in [0.4, 0.5) is 0 Å². The van der Waals surface area contributed by atoms with Gasteiger partial charge in [-0.1, -0.05) is 24.3 Å². The maximum atomic E-state index is 11.5. The lowest BCUT2D eigenvalue weighted by molar-refractivity contribution is -0.131. The minimum atomic E-state index is -0.982. The second-order valence-electron chi connectivity index (χ2n) is 3.93. The van der Waals surface area contributed by atoms with Crippen LogP contribution in [-0.4, -0.2) is 20.9 Å². The fourth-order valence-corrected chi connectivity index (χ4v) is 1.58. The molecule has 1 aromatic carbocycles. The van der Waals surface area contributed by atoms with Crippen molar-refractivity contribution in [2.45, 2.75) is 6.54 Å². The fourth-order valence-electron chi connectivity index (χ4n) is 1.58. The Morgan fingerprint density at radius 2 is 2.00 bits per heavy atom. The molecule has 0 unspecified atom stereocenters. The molecule has 0 radical (unpaired) electrons. The van der Waals surface area contributed by atoms with Crippen LogP contribution in [0.1, 0.15) is 11.1 Å². The zero-order chi connectivity index (χ0) is 13.7. The first-order valence-electron chi connectivity index (χ1n) is 5.67. The largest absolute Gasteiger partial charge is 0.478 e. The number of hydrogen-bond acceptors (Lipinski definition) is 3. The Bertz CT molecular complexity index is 657. The summed E-state index contributed by atoms with van der Waals surface area (Å²) in [5, 5.41) is 12.5. The third-order valence-corrected chi connectivity index (χ3v) is 2.52. The Balaban J connectivity index is 2.13. The van der Waals surface area contributed by atoms with Crippen molar-refractivity contribution in [1.29, 1.82) is 0 Å². The van der Waals surface area contributed by atoms with Gasteiger partial charge < -0.3 is 5.11 Å². The number of aliphatic carboxylic acids is 1. The summed E-state index contributed by atoms with van der Waals surface area (Å²) >= 11 is 0. The number of benzene rings is 1. The SMILES string of the molecule is O=C(O)/C=C/c1ccc(Cn2ncccc2=O)cc1. The van der Waals surface area contributed by atoms with E-state index < -0.39 is 5.97 Å². The van der Waals surface area contributed by atoms with E-state index in [4.69, 9.17) is 5.11 Å². The third-order valence-electron chi connectivity index (χ3n) is 2.52. The molecule has 5 heteroatoms. The molecule has 19 heavy (non-hydrogen) atoms. The number of hydrogen-bond donors (Lipinski definition) is 1. The number of nitrogens with zero attached hydrogens (tertiary/aromatic N) is 2. The van der Waals surface area contributed by atoms with Gasteiger partial charge in [-0.3, -0.25) is 4.79 Å². The van der Waals surface area contributed by atoms with Gasteiger partial charge in [0.15, 0.2) is 0 Å². The quantitative estimate of drug-likeness (QED) is 0.839. The molecule has 0 aliphatic rings. The van der Waals surface area contributed by atoms with Crippen LogP contribution in [0.2, 0.25) is 0 Å². The summed E-state index contributed by atoms with van der Waals surface area (Å²) in [6.45, 7) is 0.391. The highest BCUT2D eigenvalue weighted by Crippen LogP contribution is 2.06. The third kappa shape index (κ3) is 3.64. The fraction of sp³-hybridized carbons (Fsp3) is 0.0714. The van der Waals surface area contributed by atoms with Crippen molar-refractivity contribution < 1.29 is 9.90 Å². The van der Waals surface area contributed by atoms with Gasteiger partial charge >= 0.3 is 5.97 Å². The van der Waals surface area contributed by atoms with E-state index in [-0.39, 0.29) is 5.56 Å². The number of aromatic nitrogens is 2. The van der Waals surface area contributed by atoms with Gasteiger partial charge in [-0.25, -0.2) is 9.48 Å². The first kappa shape index (κ1) is 12.8. The normalized spacial score (nSPS) is 10.7. The Labute approximate surface area is 109 Å². The lowest BCUT2D eigenvalue weighted by Crippen LogP contribution is -2.21. The molecule has 2 aromatic rings. The standard InChI is InChI=1S/C14H12N2O3/c17-13-2-1-9-15-16(13)10-12-5-3-11(4-6-12)7-8-14(18)19/h1-9H,10H2,(H,18,19)/b8-7+. The molecule has 0 saturated carbocycles. The number of carboxylic acid groups (broad SMARTS) is 1. The Kier molecular flexibility index (Phi) is 3.87. The molecule has 1 aromatic heterocycles. The van der Waals surface area contributed by atoms with Crippen molar-refractivity contribution in [3.05, 3.63) is 70.2 Å².